The predicted molar refractivity (Wildman–Crippen MR) is 276 cm³/mol. The minimum atomic E-state index is -5.07. The highest BCUT2D eigenvalue weighted by atomic mass is 32.3. The van der Waals surface area contributed by atoms with Gasteiger partial charge in [0.15, 0.2) is 6.29 Å². The smallest absolute Gasteiger partial charge is 0.397 e. The molecule has 1 saturated heterocycles. The molecule has 0 aliphatic carbocycles. The van der Waals surface area contributed by atoms with Gasteiger partial charge in [-0.2, -0.15) is 8.42 Å². The standard InChI is InChI=1S/C55H98O12S/c1-3-5-7-9-11-13-15-17-19-21-22-23-24-25-26-27-29-31-33-35-37-39-41-43-45-63-47-49(48-64-55-53(59)54(67-68(60,61)62)52(58)50(46-56)66-55)65-51(57)44-42-40-38-36-34-32-30-28-20-18-16-14-12-10-8-6-4-2/h6,8,12,14,18,20-22,30,32,49-50,52-56,58-59H,3-5,7,9-11,13,15-17,19,23-29,31,33-48H2,1-2H3,(H,60,61,62)/b8-6-,14-12-,20-18-,22-21-,32-30-. The van der Waals surface area contributed by atoms with Crippen molar-refractivity contribution in [2.24, 2.45) is 0 Å². The van der Waals surface area contributed by atoms with Gasteiger partial charge in [0.25, 0.3) is 0 Å². The molecule has 6 unspecified atom stereocenters. The van der Waals surface area contributed by atoms with Crippen LogP contribution in [-0.2, 0) is 38.3 Å². The number of rotatable bonds is 47. The number of allylic oxidation sites excluding steroid dienone is 10. The second-order valence-electron chi connectivity index (χ2n) is 18.4. The zero-order valence-corrected chi connectivity index (χ0v) is 43.5. The number of aliphatic hydroxyl groups excluding tert-OH is 3. The molecule has 0 aromatic rings. The molecule has 1 fully saturated rings. The van der Waals surface area contributed by atoms with Crippen molar-refractivity contribution in [3.05, 3.63) is 60.8 Å². The Hall–Kier alpha value is -2.20. The molecule has 1 aliphatic heterocycles. The van der Waals surface area contributed by atoms with E-state index in [0.717, 1.165) is 70.6 Å². The highest BCUT2D eigenvalue weighted by molar-refractivity contribution is 7.80. The summed E-state index contributed by atoms with van der Waals surface area (Å²) in [6.07, 6.45) is 49.7. The van der Waals surface area contributed by atoms with Crippen LogP contribution in [0.4, 0.5) is 0 Å². The normalized spacial score (nSPS) is 19.8. The number of carbonyl (C=O) groups is 1. The average Bonchev–Trinajstić information content (AvgIpc) is 3.31. The van der Waals surface area contributed by atoms with E-state index in [9.17, 15) is 33.1 Å². The molecule has 0 saturated carbocycles. The first-order chi connectivity index (χ1) is 33.1. The summed E-state index contributed by atoms with van der Waals surface area (Å²) < 4.78 is 59.3. The van der Waals surface area contributed by atoms with Crippen LogP contribution in [0.15, 0.2) is 60.8 Å². The largest absolute Gasteiger partial charge is 0.457 e. The van der Waals surface area contributed by atoms with Crippen LogP contribution in [0.1, 0.15) is 219 Å². The number of ether oxygens (including phenoxy) is 4. The Morgan fingerprint density at radius 2 is 1.01 bits per heavy atom. The quantitative estimate of drug-likeness (QED) is 0.0197. The van der Waals surface area contributed by atoms with E-state index in [1.165, 1.54) is 122 Å². The fourth-order valence-electron chi connectivity index (χ4n) is 8.07. The molecular weight excluding hydrogens is 885 g/mol. The number of unbranched alkanes of at least 4 members (excludes halogenated alkanes) is 24. The molecule has 68 heavy (non-hydrogen) atoms. The van der Waals surface area contributed by atoms with E-state index in [4.69, 9.17) is 18.9 Å². The second-order valence-corrected chi connectivity index (χ2v) is 19.5. The average molecular weight is 983 g/mol. The van der Waals surface area contributed by atoms with Gasteiger partial charge in [-0.15, -0.1) is 0 Å². The van der Waals surface area contributed by atoms with Gasteiger partial charge in [0, 0.05) is 13.0 Å². The molecule has 12 nitrogen and oxygen atoms in total. The zero-order valence-electron chi connectivity index (χ0n) is 42.7. The molecular formula is C55H98O12S. The molecule has 1 heterocycles. The van der Waals surface area contributed by atoms with Crippen molar-refractivity contribution < 1.29 is 56.2 Å². The SMILES string of the molecule is CC/C=C\C/C=C\C/C=C\C/C=C\CCCCCCC(=O)OC(COCCCCCCCCCCCCCC/C=C\CCCCCCCCCC)COC1OC(CO)C(O)C(OS(=O)(=O)O)C1O. The summed E-state index contributed by atoms with van der Waals surface area (Å²) >= 11 is 0. The van der Waals surface area contributed by atoms with Crippen LogP contribution in [0.2, 0.25) is 0 Å². The van der Waals surface area contributed by atoms with Crippen LogP contribution in [0.5, 0.6) is 0 Å². The molecule has 13 heteroatoms. The minimum Gasteiger partial charge on any atom is -0.457 e. The van der Waals surface area contributed by atoms with Crippen LogP contribution in [0, 0.1) is 0 Å². The van der Waals surface area contributed by atoms with Crippen molar-refractivity contribution in [2.45, 2.75) is 256 Å². The van der Waals surface area contributed by atoms with Gasteiger partial charge in [-0.1, -0.05) is 197 Å². The molecule has 6 atom stereocenters. The van der Waals surface area contributed by atoms with Crippen molar-refractivity contribution in [3.63, 3.8) is 0 Å². The molecule has 1 aliphatic rings. The molecule has 396 valence electrons. The van der Waals surface area contributed by atoms with Gasteiger partial charge in [0.2, 0.25) is 0 Å². The summed E-state index contributed by atoms with van der Waals surface area (Å²) in [5, 5.41) is 30.8. The number of hydrogen-bond acceptors (Lipinski definition) is 11. The van der Waals surface area contributed by atoms with E-state index in [-0.39, 0.29) is 19.6 Å². The van der Waals surface area contributed by atoms with Gasteiger partial charge < -0.3 is 34.3 Å². The van der Waals surface area contributed by atoms with E-state index in [1.54, 1.807) is 0 Å². The third kappa shape index (κ3) is 38.5. The van der Waals surface area contributed by atoms with E-state index in [2.05, 4.69) is 78.8 Å². The van der Waals surface area contributed by atoms with E-state index >= 15 is 0 Å². The van der Waals surface area contributed by atoms with Crippen LogP contribution in [-0.4, -0.2) is 97.5 Å². The Morgan fingerprint density at radius 3 is 1.50 bits per heavy atom. The van der Waals surface area contributed by atoms with Crippen LogP contribution < -0.4 is 0 Å². The predicted octanol–water partition coefficient (Wildman–Crippen LogP) is 12.9. The van der Waals surface area contributed by atoms with Gasteiger partial charge in [-0.25, -0.2) is 4.18 Å². The van der Waals surface area contributed by atoms with Crippen LogP contribution in [0.3, 0.4) is 0 Å². The van der Waals surface area contributed by atoms with Crippen LogP contribution in [0.25, 0.3) is 0 Å². The Kier molecular flexibility index (Phi) is 43.1. The lowest BCUT2D eigenvalue weighted by Gasteiger charge is -2.41. The molecule has 0 aromatic heterocycles. The molecule has 4 N–H and O–H groups in total. The maximum absolute atomic E-state index is 12.9. The Morgan fingerprint density at radius 1 is 0.574 bits per heavy atom. The van der Waals surface area contributed by atoms with Crippen molar-refractivity contribution in [1.29, 1.82) is 0 Å². The minimum absolute atomic E-state index is 0.0243. The molecule has 0 radical (unpaired) electrons. The zero-order chi connectivity index (χ0) is 49.6. The maximum atomic E-state index is 12.9. The van der Waals surface area contributed by atoms with Crippen LogP contribution >= 0.6 is 0 Å². The van der Waals surface area contributed by atoms with Gasteiger partial charge >= 0.3 is 16.4 Å². The van der Waals surface area contributed by atoms with E-state index in [0.29, 0.717) is 13.0 Å². The van der Waals surface area contributed by atoms with Crippen molar-refractivity contribution in [1.82, 2.24) is 0 Å². The molecule has 0 bridgehead atoms. The first-order valence-corrected chi connectivity index (χ1v) is 28.4. The number of aliphatic hydroxyl groups is 3. The second kappa shape index (κ2) is 45.9. The number of esters is 1. The first kappa shape index (κ1) is 63.8. The molecule has 0 amide bonds. The van der Waals surface area contributed by atoms with Gasteiger partial charge in [0.1, 0.15) is 30.5 Å². The van der Waals surface area contributed by atoms with E-state index < -0.39 is 59.8 Å². The maximum Gasteiger partial charge on any atom is 0.397 e. The fraction of sp³-hybridized carbons (Fsp3) is 0.800. The molecule has 0 spiro atoms. The van der Waals surface area contributed by atoms with Gasteiger partial charge in [0.05, 0.1) is 19.8 Å². The summed E-state index contributed by atoms with van der Waals surface area (Å²) in [4.78, 5) is 12.9. The lowest BCUT2D eigenvalue weighted by molar-refractivity contribution is -0.301. The van der Waals surface area contributed by atoms with E-state index in [1.807, 2.05) is 0 Å². The lowest BCUT2D eigenvalue weighted by atomic mass is 9.99. The van der Waals surface area contributed by atoms with Gasteiger partial charge in [-0.3, -0.25) is 9.35 Å². The van der Waals surface area contributed by atoms with Gasteiger partial charge in [-0.05, 0) is 77.0 Å². The summed E-state index contributed by atoms with van der Waals surface area (Å²) in [6.45, 7) is 3.86. The highest BCUT2D eigenvalue weighted by Crippen LogP contribution is 2.26. The third-order valence-electron chi connectivity index (χ3n) is 12.1. The summed E-state index contributed by atoms with van der Waals surface area (Å²) in [5.41, 5.74) is 0. The third-order valence-corrected chi connectivity index (χ3v) is 12.6. The topological polar surface area (TPSA) is 178 Å². The van der Waals surface area contributed by atoms with Crippen molar-refractivity contribution in [2.75, 3.05) is 26.4 Å². The highest BCUT2D eigenvalue weighted by Gasteiger charge is 2.48. The lowest BCUT2D eigenvalue weighted by Crippen LogP contribution is -2.60. The summed E-state index contributed by atoms with van der Waals surface area (Å²) in [6, 6.07) is 0. The summed E-state index contributed by atoms with van der Waals surface area (Å²) in [5.74, 6) is -0.422. The number of carbonyl (C=O) groups excluding carboxylic acids is 1. The van der Waals surface area contributed by atoms with Crippen molar-refractivity contribution >= 4 is 16.4 Å². The summed E-state index contributed by atoms with van der Waals surface area (Å²) in [7, 11) is -5.07. The molecule has 1 rings (SSSR count). The Labute approximate surface area is 414 Å². The van der Waals surface area contributed by atoms with Crippen molar-refractivity contribution in [3.8, 4) is 0 Å². The fourth-order valence-corrected chi connectivity index (χ4v) is 8.58. The molecule has 0 aromatic carbocycles. The Bertz CT molecular complexity index is 1410. The monoisotopic (exact) mass is 983 g/mol. The Balaban J connectivity index is 2.33. The first-order valence-electron chi connectivity index (χ1n) is 27.0. The number of hydrogen-bond donors (Lipinski definition) is 4.